The molecule has 0 unspecified atom stereocenters. The van der Waals surface area contributed by atoms with Crippen molar-refractivity contribution in [2.45, 2.75) is 19.9 Å². The summed E-state index contributed by atoms with van der Waals surface area (Å²) >= 11 is 0. The van der Waals surface area contributed by atoms with Crippen LogP contribution >= 0.6 is 0 Å². The predicted molar refractivity (Wildman–Crippen MR) is 58.7 cm³/mol. The van der Waals surface area contributed by atoms with Crippen molar-refractivity contribution in [1.29, 1.82) is 0 Å². The summed E-state index contributed by atoms with van der Waals surface area (Å²) in [5.74, 6) is 0.727. The molecule has 2 aromatic heterocycles. The summed E-state index contributed by atoms with van der Waals surface area (Å²) in [5.41, 5.74) is 2.09. The first kappa shape index (κ1) is 10.8. The molecule has 0 radical (unpaired) electrons. The van der Waals surface area contributed by atoms with Crippen molar-refractivity contribution in [2.24, 2.45) is 0 Å². The molecule has 0 amide bonds. The standard InChI is InChI=1S/C11H14N4O/c1-9-3-2-4-10(14-9)7-12-6-5-11-13-8-16-15-11/h2-4,8,12H,5-7H2,1H3. The van der Waals surface area contributed by atoms with Gasteiger partial charge in [-0.3, -0.25) is 4.98 Å². The number of aryl methyl sites for hydroxylation is 1. The number of hydrogen-bond donors (Lipinski definition) is 1. The Morgan fingerprint density at radius 3 is 3.06 bits per heavy atom. The van der Waals surface area contributed by atoms with E-state index in [1.165, 1.54) is 6.39 Å². The fraction of sp³-hybridized carbons (Fsp3) is 0.364. The molecule has 0 bridgehead atoms. The third-order valence-electron chi connectivity index (χ3n) is 2.18. The van der Waals surface area contributed by atoms with Crippen molar-refractivity contribution in [1.82, 2.24) is 20.4 Å². The van der Waals surface area contributed by atoms with E-state index in [0.717, 1.165) is 36.7 Å². The fourth-order valence-corrected chi connectivity index (χ4v) is 1.42. The van der Waals surface area contributed by atoms with Crippen molar-refractivity contribution < 1.29 is 4.52 Å². The van der Waals surface area contributed by atoms with Crippen LogP contribution in [0.4, 0.5) is 0 Å². The van der Waals surface area contributed by atoms with Crippen LogP contribution in [0.3, 0.4) is 0 Å². The highest BCUT2D eigenvalue weighted by Crippen LogP contribution is 1.97. The maximum Gasteiger partial charge on any atom is 0.213 e. The van der Waals surface area contributed by atoms with Gasteiger partial charge in [-0.2, -0.15) is 4.98 Å². The van der Waals surface area contributed by atoms with Crippen LogP contribution in [0.15, 0.2) is 29.1 Å². The van der Waals surface area contributed by atoms with Gasteiger partial charge in [-0.1, -0.05) is 11.2 Å². The largest absolute Gasteiger partial charge is 0.343 e. The molecule has 0 spiro atoms. The third-order valence-corrected chi connectivity index (χ3v) is 2.18. The fourth-order valence-electron chi connectivity index (χ4n) is 1.42. The molecule has 2 heterocycles. The van der Waals surface area contributed by atoms with Gasteiger partial charge >= 0.3 is 0 Å². The minimum atomic E-state index is 0.727. The molecule has 5 nitrogen and oxygen atoms in total. The summed E-state index contributed by atoms with van der Waals surface area (Å²) in [4.78, 5) is 8.34. The van der Waals surface area contributed by atoms with Gasteiger partial charge in [-0.25, -0.2) is 0 Å². The highest BCUT2D eigenvalue weighted by molar-refractivity contribution is 5.09. The van der Waals surface area contributed by atoms with E-state index >= 15 is 0 Å². The predicted octanol–water partition coefficient (Wildman–Crippen LogP) is 1.11. The van der Waals surface area contributed by atoms with Crippen molar-refractivity contribution in [3.05, 3.63) is 41.8 Å². The molecule has 0 fully saturated rings. The molecular weight excluding hydrogens is 204 g/mol. The van der Waals surface area contributed by atoms with Crippen molar-refractivity contribution in [2.75, 3.05) is 6.54 Å². The summed E-state index contributed by atoms with van der Waals surface area (Å²) < 4.78 is 4.64. The molecule has 84 valence electrons. The first-order valence-electron chi connectivity index (χ1n) is 5.23. The number of nitrogens with one attached hydrogen (secondary N) is 1. The molecule has 0 aliphatic heterocycles. The van der Waals surface area contributed by atoms with Gasteiger partial charge in [0.2, 0.25) is 6.39 Å². The Bertz CT molecular complexity index is 427. The lowest BCUT2D eigenvalue weighted by Gasteiger charge is -2.03. The Hall–Kier alpha value is -1.75. The Labute approximate surface area is 93.9 Å². The molecule has 16 heavy (non-hydrogen) atoms. The van der Waals surface area contributed by atoms with Gasteiger partial charge in [0.25, 0.3) is 0 Å². The highest BCUT2D eigenvalue weighted by Gasteiger charge is 1.98. The molecule has 2 aromatic rings. The van der Waals surface area contributed by atoms with E-state index in [1.54, 1.807) is 0 Å². The molecule has 0 atom stereocenters. The van der Waals surface area contributed by atoms with E-state index in [0.29, 0.717) is 0 Å². The first-order valence-corrected chi connectivity index (χ1v) is 5.23. The van der Waals surface area contributed by atoms with Gasteiger partial charge in [0.1, 0.15) is 0 Å². The Morgan fingerprint density at radius 1 is 1.38 bits per heavy atom. The van der Waals surface area contributed by atoms with E-state index < -0.39 is 0 Å². The number of aromatic nitrogens is 3. The molecule has 0 saturated carbocycles. The monoisotopic (exact) mass is 218 g/mol. The normalized spacial score (nSPS) is 10.6. The minimum Gasteiger partial charge on any atom is -0.343 e. The van der Waals surface area contributed by atoms with E-state index in [9.17, 15) is 0 Å². The molecule has 5 heteroatoms. The average Bonchev–Trinajstić information content (AvgIpc) is 2.77. The second kappa shape index (κ2) is 5.37. The lowest BCUT2D eigenvalue weighted by Crippen LogP contribution is -2.18. The second-order valence-corrected chi connectivity index (χ2v) is 3.54. The highest BCUT2D eigenvalue weighted by atomic mass is 16.5. The van der Waals surface area contributed by atoms with Gasteiger partial charge in [0, 0.05) is 25.2 Å². The zero-order valence-corrected chi connectivity index (χ0v) is 9.18. The molecule has 0 saturated heterocycles. The van der Waals surface area contributed by atoms with E-state index in [2.05, 4.69) is 25.0 Å². The van der Waals surface area contributed by atoms with Crippen LogP contribution in [0.25, 0.3) is 0 Å². The SMILES string of the molecule is Cc1cccc(CNCCc2ncon2)n1. The van der Waals surface area contributed by atoms with Crippen LogP contribution in [0.2, 0.25) is 0 Å². The summed E-state index contributed by atoms with van der Waals surface area (Å²) in [7, 11) is 0. The Kier molecular flexibility index (Phi) is 3.61. The smallest absolute Gasteiger partial charge is 0.213 e. The quantitative estimate of drug-likeness (QED) is 0.761. The minimum absolute atomic E-state index is 0.727. The Morgan fingerprint density at radius 2 is 2.31 bits per heavy atom. The summed E-state index contributed by atoms with van der Waals surface area (Å²) in [6, 6.07) is 6.01. The van der Waals surface area contributed by atoms with Gasteiger partial charge in [-0.15, -0.1) is 0 Å². The van der Waals surface area contributed by atoms with Gasteiger partial charge in [0.15, 0.2) is 5.82 Å². The molecule has 0 aromatic carbocycles. The van der Waals surface area contributed by atoms with E-state index in [4.69, 9.17) is 0 Å². The number of hydrogen-bond acceptors (Lipinski definition) is 5. The van der Waals surface area contributed by atoms with E-state index in [1.807, 2.05) is 25.1 Å². The molecule has 1 N–H and O–H groups in total. The zero-order chi connectivity index (χ0) is 11.2. The lowest BCUT2D eigenvalue weighted by atomic mass is 10.3. The van der Waals surface area contributed by atoms with Crippen LogP contribution in [-0.4, -0.2) is 21.7 Å². The molecule has 0 aliphatic rings. The summed E-state index contributed by atoms with van der Waals surface area (Å²) in [6.07, 6.45) is 2.11. The average molecular weight is 218 g/mol. The number of rotatable bonds is 5. The second-order valence-electron chi connectivity index (χ2n) is 3.54. The third kappa shape index (κ3) is 3.13. The van der Waals surface area contributed by atoms with Crippen molar-refractivity contribution in [3.63, 3.8) is 0 Å². The summed E-state index contributed by atoms with van der Waals surface area (Å²) in [5, 5.41) is 7.02. The topological polar surface area (TPSA) is 63.8 Å². The van der Waals surface area contributed by atoms with Crippen LogP contribution in [0.5, 0.6) is 0 Å². The van der Waals surface area contributed by atoms with Crippen LogP contribution < -0.4 is 5.32 Å². The molecular formula is C11H14N4O. The molecule has 0 aliphatic carbocycles. The van der Waals surface area contributed by atoms with Crippen molar-refractivity contribution >= 4 is 0 Å². The van der Waals surface area contributed by atoms with Crippen LogP contribution in [0, 0.1) is 6.92 Å². The lowest BCUT2D eigenvalue weighted by molar-refractivity contribution is 0.409. The van der Waals surface area contributed by atoms with Gasteiger partial charge in [-0.05, 0) is 19.1 Å². The molecule has 2 rings (SSSR count). The van der Waals surface area contributed by atoms with Crippen LogP contribution in [-0.2, 0) is 13.0 Å². The van der Waals surface area contributed by atoms with Crippen LogP contribution in [0.1, 0.15) is 17.2 Å². The zero-order valence-electron chi connectivity index (χ0n) is 9.18. The Balaban J connectivity index is 1.72. The van der Waals surface area contributed by atoms with Gasteiger partial charge < -0.3 is 9.84 Å². The van der Waals surface area contributed by atoms with E-state index in [-0.39, 0.29) is 0 Å². The van der Waals surface area contributed by atoms with Crippen molar-refractivity contribution in [3.8, 4) is 0 Å². The maximum atomic E-state index is 4.64. The maximum absolute atomic E-state index is 4.64. The summed E-state index contributed by atoms with van der Waals surface area (Å²) in [6.45, 7) is 3.57. The number of nitrogens with zero attached hydrogens (tertiary/aromatic N) is 3. The first-order chi connectivity index (χ1) is 7.84. The number of pyridine rings is 1. The van der Waals surface area contributed by atoms with Gasteiger partial charge in [0.05, 0.1) is 5.69 Å².